The van der Waals surface area contributed by atoms with Gasteiger partial charge < -0.3 is 24.1 Å². The highest BCUT2D eigenvalue weighted by atomic mass is 32.2. The SMILES string of the molecule is COc1ccc(CN(Cc2ccc(OC)cc2OC)S(=O)(=O)CC[C@H](O)C2CCCC2)c(OC)c1. The Labute approximate surface area is 208 Å². The van der Waals surface area contributed by atoms with Crippen LogP contribution in [0, 0.1) is 5.92 Å². The number of aliphatic hydroxyl groups is 1. The molecule has 2 aromatic carbocycles. The van der Waals surface area contributed by atoms with Gasteiger partial charge in [0.1, 0.15) is 23.0 Å². The molecule has 0 heterocycles. The Kier molecular flexibility index (Phi) is 9.65. The smallest absolute Gasteiger partial charge is 0.214 e. The average Bonchev–Trinajstić information content (AvgIpc) is 3.42. The molecule has 2 aromatic rings. The summed E-state index contributed by atoms with van der Waals surface area (Å²) in [5.74, 6) is 2.37. The Morgan fingerprint density at radius 3 is 1.77 bits per heavy atom. The highest BCUT2D eigenvalue weighted by Crippen LogP contribution is 2.32. The highest BCUT2D eigenvalue weighted by molar-refractivity contribution is 7.89. The molecule has 1 aliphatic rings. The third-order valence-electron chi connectivity index (χ3n) is 6.69. The molecule has 0 radical (unpaired) electrons. The first-order chi connectivity index (χ1) is 16.8. The normalized spacial score (nSPS) is 15.3. The fraction of sp³-hybridized carbons (Fsp3) is 0.538. The van der Waals surface area contributed by atoms with E-state index in [0.29, 0.717) is 34.1 Å². The van der Waals surface area contributed by atoms with Crippen LogP contribution >= 0.6 is 0 Å². The Hall–Kier alpha value is -2.49. The average molecular weight is 508 g/mol. The molecule has 0 aliphatic heterocycles. The third kappa shape index (κ3) is 7.02. The van der Waals surface area contributed by atoms with Crippen LogP contribution in [0.2, 0.25) is 0 Å². The number of hydrogen-bond acceptors (Lipinski definition) is 7. The molecule has 9 heteroatoms. The van der Waals surface area contributed by atoms with Crippen molar-refractivity contribution in [1.82, 2.24) is 4.31 Å². The lowest BCUT2D eigenvalue weighted by atomic mass is 9.99. The van der Waals surface area contributed by atoms with Crippen molar-refractivity contribution in [1.29, 1.82) is 0 Å². The minimum Gasteiger partial charge on any atom is -0.497 e. The van der Waals surface area contributed by atoms with Crippen molar-refractivity contribution in [2.24, 2.45) is 5.92 Å². The predicted octanol–water partition coefficient (Wildman–Crippen LogP) is 3.99. The minimum absolute atomic E-state index is 0.101. The quantitative estimate of drug-likeness (QED) is 0.438. The van der Waals surface area contributed by atoms with Crippen LogP contribution < -0.4 is 18.9 Å². The molecule has 0 spiro atoms. The van der Waals surface area contributed by atoms with Gasteiger partial charge in [0.2, 0.25) is 10.0 Å². The summed E-state index contributed by atoms with van der Waals surface area (Å²) in [5, 5.41) is 10.6. The summed E-state index contributed by atoms with van der Waals surface area (Å²) >= 11 is 0. The number of ether oxygens (including phenoxy) is 4. The van der Waals surface area contributed by atoms with E-state index in [1.54, 1.807) is 64.8 Å². The summed E-state index contributed by atoms with van der Waals surface area (Å²) in [7, 11) is 2.49. The lowest BCUT2D eigenvalue weighted by molar-refractivity contribution is 0.107. The second-order valence-corrected chi connectivity index (χ2v) is 10.9. The van der Waals surface area contributed by atoms with Crippen molar-refractivity contribution in [2.45, 2.75) is 51.3 Å². The molecule has 35 heavy (non-hydrogen) atoms. The molecule has 0 amide bonds. The molecule has 0 aromatic heterocycles. The van der Waals surface area contributed by atoms with E-state index in [9.17, 15) is 13.5 Å². The number of nitrogens with zero attached hydrogens (tertiary/aromatic N) is 1. The first-order valence-electron chi connectivity index (χ1n) is 11.9. The van der Waals surface area contributed by atoms with Gasteiger partial charge in [-0.25, -0.2) is 8.42 Å². The van der Waals surface area contributed by atoms with E-state index < -0.39 is 16.1 Å². The zero-order valence-electron chi connectivity index (χ0n) is 21.0. The first kappa shape index (κ1) is 27.1. The van der Waals surface area contributed by atoms with Crippen LogP contribution in [0.25, 0.3) is 0 Å². The maximum absolute atomic E-state index is 13.6. The van der Waals surface area contributed by atoms with Crippen molar-refractivity contribution in [3.05, 3.63) is 47.5 Å². The van der Waals surface area contributed by atoms with E-state index in [1.165, 1.54) is 4.31 Å². The minimum atomic E-state index is -3.72. The molecule has 1 saturated carbocycles. The molecule has 0 bridgehead atoms. The van der Waals surface area contributed by atoms with Crippen molar-refractivity contribution >= 4 is 10.0 Å². The van der Waals surface area contributed by atoms with Crippen molar-refractivity contribution in [2.75, 3.05) is 34.2 Å². The molecule has 3 rings (SSSR count). The molecular formula is C26H37NO7S. The topological polar surface area (TPSA) is 94.5 Å². The summed E-state index contributed by atoms with van der Waals surface area (Å²) < 4.78 is 50.2. The fourth-order valence-electron chi connectivity index (χ4n) is 4.57. The van der Waals surface area contributed by atoms with Gasteiger partial charge in [-0.05, 0) is 37.3 Å². The summed E-state index contributed by atoms with van der Waals surface area (Å²) in [6.07, 6.45) is 3.70. The van der Waals surface area contributed by atoms with Gasteiger partial charge in [0.15, 0.2) is 0 Å². The van der Waals surface area contributed by atoms with Crippen LogP contribution in [0.4, 0.5) is 0 Å². The van der Waals surface area contributed by atoms with Gasteiger partial charge in [0, 0.05) is 36.3 Å². The van der Waals surface area contributed by atoms with Gasteiger partial charge in [-0.1, -0.05) is 25.0 Å². The number of hydrogen-bond donors (Lipinski definition) is 1. The number of rotatable bonds is 13. The van der Waals surface area contributed by atoms with Gasteiger partial charge in [-0.2, -0.15) is 4.31 Å². The van der Waals surface area contributed by atoms with Crippen LogP contribution in [0.3, 0.4) is 0 Å². The number of aliphatic hydroxyl groups excluding tert-OH is 1. The molecule has 1 atom stereocenters. The third-order valence-corrected chi connectivity index (χ3v) is 8.49. The lowest BCUT2D eigenvalue weighted by Gasteiger charge is -2.26. The van der Waals surface area contributed by atoms with Gasteiger partial charge in [0.25, 0.3) is 0 Å². The molecule has 0 saturated heterocycles. The van der Waals surface area contributed by atoms with Gasteiger partial charge in [0.05, 0.1) is 40.3 Å². The number of benzene rings is 2. The molecule has 1 fully saturated rings. The lowest BCUT2D eigenvalue weighted by Crippen LogP contribution is -2.34. The second kappa shape index (κ2) is 12.5. The maximum Gasteiger partial charge on any atom is 0.214 e. The molecule has 194 valence electrons. The van der Waals surface area contributed by atoms with E-state index in [2.05, 4.69) is 0 Å². The molecule has 0 unspecified atom stereocenters. The Morgan fingerprint density at radius 1 is 0.857 bits per heavy atom. The maximum atomic E-state index is 13.6. The molecular weight excluding hydrogens is 470 g/mol. The van der Waals surface area contributed by atoms with E-state index in [4.69, 9.17) is 18.9 Å². The van der Waals surface area contributed by atoms with E-state index >= 15 is 0 Å². The molecule has 1 N–H and O–H groups in total. The summed E-state index contributed by atoms with van der Waals surface area (Å²) in [6, 6.07) is 10.6. The highest BCUT2D eigenvalue weighted by Gasteiger charge is 2.29. The summed E-state index contributed by atoms with van der Waals surface area (Å²) in [4.78, 5) is 0. The predicted molar refractivity (Wildman–Crippen MR) is 135 cm³/mol. The molecule has 1 aliphatic carbocycles. The second-order valence-electron chi connectivity index (χ2n) is 8.84. The summed E-state index contributed by atoms with van der Waals surface area (Å²) in [5.41, 5.74) is 1.42. The van der Waals surface area contributed by atoms with Gasteiger partial charge >= 0.3 is 0 Å². The summed E-state index contributed by atoms with van der Waals surface area (Å²) in [6.45, 7) is 0.203. The van der Waals surface area contributed by atoms with Crippen LogP contribution in [-0.2, 0) is 23.1 Å². The Bertz CT molecular complexity index is 1010. The largest absolute Gasteiger partial charge is 0.497 e. The van der Waals surface area contributed by atoms with Crippen molar-refractivity contribution < 1.29 is 32.5 Å². The van der Waals surface area contributed by atoms with Gasteiger partial charge in [-0.15, -0.1) is 0 Å². The van der Waals surface area contributed by atoms with Crippen LogP contribution in [0.5, 0.6) is 23.0 Å². The Balaban J connectivity index is 1.89. The standard InChI is InChI=1S/C26H37NO7S/c1-31-22-11-9-20(25(15-22)33-3)17-27(18-21-10-12-23(32-2)16-26(21)34-4)35(29,30)14-13-24(28)19-7-5-6-8-19/h9-12,15-16,19,24,28H,5-8,13-14,17-18H2,1-4H3/t24-/m0/s1. The van der Waals surface area contributed by atoms with E-state index in [0.717, 1.165) is 25.7 Å². The first-order valence-corrected chi connectivity index (χ1v) is 13.5. The van der Waals surface area contributed by atoms with Crippen LogP contribution in [-0.4, -0.2) is 58.1 Å². The van der Waals surface area contributed by atoms with Gasteiger partial charge in [-0.3, -0.25) is 0 Å². The Morgan fingerprint density at radius 2 is 1.34 bits per heavy atom. The monoisotopic (exact) mass is 507 g/mol. The van der Waals surface area contributed by atoms with E-state index in [1.807, 2.05) is 0 Å². The van der Waals surface area contributed by atoms with E-state index in [-0.39, 0.29) is 31.2 Å². The van der Waals surface area contributed by atoms with Crippen molar-refractivity contribution in [3.8, 4) is 23.0 Å². The number of sulfonamides is 1. The van der Waals surface area contributed by atoms with Crippen LogP contribution in [0.15, 0.2) is 36.4 Å². The van der Waals surface area contributed by atoms with Crippen LogP contribution in [0.1, 0.15) is 43.2 Å². The molecule has 8 nitrogen and oxygen atoms in total. The fourth-order valence-corrected chi connectivity index (χ4v) is 6.04. The zero-order valence-corrected chi connectivity index (χ0v) is 21.8. The van der Waals surface area contributed by atoms with Crippen molar-refractivity contribution in [3.63, 3.8) is 0 Å². The zero-order chi connectivity index (χ0) is 25.4. The number of methoxy groups -OCH3 is 4.